The van der Waals surface area contributed by atoms with Gasteiger partial charge in [0.05, 0.1) is 16.6 Å². The molecule has 3 heterocycles. The van der Waals surface area contributed by atoms with Crippen molar-refractivity contribution in [3.8, 4) is 0 Å². The van der Waals surface area contributed by atoms with Gasteiger partial charge in [-0.3, -0.25) is 4.79 Å². The van der Waals surface area contributed by atoms with Crippen molar-refractivity contribution < 1.29 is 14.3 Å². The van der Waals surface area contributed by atoms with Gasteiger partial charge in [0, 0.05) is 22.9 Å². The standard InChI is InChI=1S/C29H32Cl2N6O5S/c1-17-18(9-12-25(32)34-17)15-33-26(38)23-8-5-13-35-28(40)36(29(41)37(23)35)24(27(39)42-19-6-3-2-4-7-19)16-43-20-10-11-21(30)22(31)14-20/h5,8-12,14,19,23-24H,2-4,6-7,13,15-16H2,1H3,(H2,32,34)(H,33,38). The zero-order valence-electron chi connectivity index (χ0n) is 23.5. The van der Waals surface area contributed by atoms with E-state index in [0.717, 1.165) is 46.9 Å². The molecule has 0 radical (unpaired) electrons. The third kappa shape index (κ3) is 6.86. The fraction of sp³-hybridized carbons (Fsp3) is 0.414. The Balaban J connectivity index is 1.44. The number of halogens is 2. The summed E-state index contributed by atoms with van der Waals surface area (Å²) in [6.07, 6.45) is 7.35. The van der Waals surface area contributed by atoms with Crippen LogP contribution in [-0.4, -0.2) is 42.6 Å². The van der Waals surface area contributed by atoms with Crippen molar-refractivity contribution in [3.05, 3.63) is 84.8 Å². The highest BCUT2D eigenvalue weighted by Gasteiger charge is 2.35. The van der Waals surface area contributed by atoms with Crippen LogP contribution in [0.15, 0.2) is 57.0 Å². The number of allylic oxidation sites excluding steroid dienone is 1. The lowest BCUT2D eigenvalue weighted by molar-refractivity contribution is -0.154. The van der Waals surface area contributed by atoms with Crippen LogP contribution in [-0.2, 0) is 27.4 Å². The first kappa shape index (κ1) is 31.0. The lowest BCUT2D eigenvalue weighted by atomic mass is 9.98. The van der Waals surface area contributed by atoms with Gasteiger partial charge in [0.25, 0.3) is 0 Å². The largest absolute Gasteiger partial charge is 0.461 e. The van der Waals surface area contributed by atoms with Crippen LogP contribution < -0.4 is 22.4 Å². The average molecular weight is 648 g/mol. The number of hydrogen-bond donors (Lipinski definition) is 2. The van der Waals surface area contributed by atoms with Crippen molar-refractivity contribution in [1.82, 2.24) is 24.2 Å². The normalized spacial score (nSPS) is 17.3. The Hall–Kier alpha value is -3.48. The smallest absolute Gasteiger partial charge is 0.349 e. The number of nitrogens with zero attached hydrogens (tertiary/aromatic N) is 4. The van der Waals surface area contributed by atoms with Crippen LogP contribution >= 0.6 is 35.0 Å². The van der Waals surface area contributed by atoms with E-state index in [-0.39, 0.29) is 24.9 Å². The summed E-state index contributed by atoms with van der Waals surface area (Å²) in [7, 11) is 0. The maximum atomic E-state index is 13.9. The molecule has 1 fully saturated rings. The Morgan fingerprint density at radius 2 is 1.88 bits per heavy atom. The van der Waals surface area contributed by atoms with Crippen molar-refractivity contribution in [1.29, 1.82) is 0 Å². The van der Waals surface area contributed by atoms with Crippen LogP contribution in [0.4, 0.5) is 5.82 Å². The summed E-state index contributed by atoms with van der Waals surface area (Å²) in [4.78, 5) is 59.4. The van der Waals surface area contributed by atoms with Crippen LogP contribution in [0.3, 0.4) is 0 Å². The van der Waals surface area contributed by atoms with Gasteiger partial charge in [0.2, 0.25) is 5.91 Å². The quantitative estimate of drug-likeness (QED) is 0.201. The maximum absolute atomic E-state index is 13.9. The minimum Gasteiger partial charge on any atom is -0.461 e. The van der Waals surface area contributed by atoms with Crippen LogP contribution in [0.25, 0.3) is 0 Å². The van der Waals surface area contributed by atoms with Crippen molar-refractivity contribution in [2.75, 3.05) is 11.5 Å². The number of nitrogens with two attached hydrogens (primary N) is 1. The molecule has 3 aromatic rings. The number of nitrogens with one attached hydrogen (secondary N) is 1. The molecule has 3 N–H and O–H groups in total. The lowest BCUT2D eigenvalue weighted by Gasteiger charge is -2.24. The molecule has 14 heteroatoms. The average Bonchev–Trinajstić information content (AvgIpc) is 3.24. The van der Waals surface area contributed by atoms with Gasteiger partial charge in [-0.1, -0.05) is 47.8 Å². The number of rotatable bonds is 9. The second-order valence-electron chi connectivity index (χ2n) is 10.5. The van der Waals surface area contributed by atoms with Gasteiger partial charge >= 0.3 is 17.3 Å². The molecule has 0 spiro atoms. The summed E-state index contributed by atoms with van der Waals surface area (Å²) in [5.74, 6) is -0.765. The van der Waals surface area contributed by atoms with Crippen molar-refractivity contribution in [2.24, 2.45) is 0 Å². The number of benzene rings is 1. The first-order valence-corrected chi connectivity index (χ1v) is 15.8. The Morgan fingerprint density at radius 3 is 2.60 bits per heavy atom. The molecule has 5 rings (SSSR count). The van der Waals surface area contributed by atoms with Crippen LogP contribution in [0, 0.1) is 6.92 Å². The zero-order valence-corrected chi connectivity index (χ0v) is 25.8. The molecule has 1 amide bonds. The number of amides is 1. The molecule has 43 heavy (non-hydrogen) atoms. The SMILES string of the molecule is Cc1nc(N)ccc1CNC(=O)C1C=CCn2c(=O)n(C(CSc3ccc(Cl)c(Cl)c3)C(=O)OC3CCCCC3)c(=O)n21. The molecule has 2 atom stereocenters. The molecule has 2 aliphatic rings. The predicted molar refractivity (Wildman–Crippen MR) is 166 cm³/mol. The lowest BCUT2D eigenvalue weighted by Crippen LogP contribution is -2.42. The number of hydrogen-bond acceptors (Lipinski definition) is 8. The van der Waals surface area contributed by atoms with E-state index in [0.29, 0.717) is 26.5 Å². The molecular weight excluding hydrogens is 615 g/mol. The Kier molecular flexibility index (Phi) is 9.68. The fourth-order valence-corrected chi connectivity index (χ4v) is 6.65. The molecular formula is C29H32Cl2N6O5S. The van der Waals surface area contributed by atoms with E-state index in [4.69, 9.17) is 33.7 Å². The summed E-state index contributed by atoms with van der Waals surface area (Å²) in [5.41, 5.74) is 5.67. The number of nitrogen functional groups attached to an aromatic ring is 1. The maximum Gasteiger partial charge on any atom is 0.349 e. The number of aromatic nitrogens is 4. The fourth-order valence-electron chi connectivity index (χ4n) is 5.28. The molecule has 1 aromatic carbocycles. The van der Waals surface area contributed by atoms with Gasteiger partial charge in [0.15, 0.2) is 6.04 Å². The van der Waals surface area contributed by atoms with E-state index in [9.17, 15) is 19.2 Å². The summed E-state index contributed by atoms with van der Waals surface area (Å²) >= 11 is 13.5. The summed E-state index contributed by atoms with van der Waals surface area (Å²) in [5, 5.41) is 3.54. The van der Waals surface area contributed by atoms with E-state index in [1.807, 2.05) is 0 Å². The first-order valence-electron chi connectivity index (χ1n) is 14.0. The number of ether oxygens (including phenoxy) is 1. The van der Waals surface area contributed by atoms with Gasteiger partial charge in [-0.05, 0) is 62.4 Å². The van der Waals surface area contributed by atoms with Gasteiger partial charge < -0.3 is 15.8 Å². The Morgan fingerprint density at radius 1 is 1.12 bits per heavy atom. The van der Waals surface area contributed by atoms with Crippen molar-refractivity contribution in [3.63, 3.8) is 0 Å². The summed E-state index contributed by atoms with van der Waals surface area (Å²) in [6, 6.07) is 6.10. The third-order valence-corrected chi connectivity index (χ3v) is 9.41. The summed E-state index contributed by atoms with van der Waals surface area (Å²) in [6.45, 7) is 2.00. The minimum absolute atomic E-state index is 0.0242. The highest BCUT2D eigenvalue weighted by Crippen LogP contribution is 2.30. The second kappa shape index (κ2) is 13.4. The molecule has 1 aliphatic heterocycles. The molecule has 2 aromatic heterocycles. The van der Waals surface area contributed by atoms with E-state index in [2.05, 4.69) is 10.3 Å². The van der Waals surface area contributed by atoms with E-state index >= 15 is 0 Å². The Labute approximate surface area is 262 Å². The predicted octanol–water partition coefficient (Wildman–Crippen LogP) is 4.04. The van der Waals surface area contributed by atoms with E-state index in [1.165, 1.54) is 16.4 Å². The van der Waals surface area contributed by atoms with Gasteiger partial charge in [-0.2, -0.15) is 0 Å². The number of esters is 1. The highest BCUT2D eigenvalue weighted by atomic mass is 35.5. The van der Waals surface area contributed by atoms with Crippen LogP contribution in [0.2, 0.25) is 10.0 Å². The number of anilines is 1. The summed E-state index contributed by atoms with van der Waals surface area (Å²) < 4.78 is 9.00. The topological polar surface area (TPSA) is 143 Å². The first-order chi connectivity index (χ1) is 20.6. The van der Waals surface area contributed by atoms with Crippen molar-refractivity contribution in [2.45, 2.75) is 75.2 Å². The van der Waals surface area contributed by atoms with Gasteiger partial charge in [-0.15, -0.1) is 11.8 Å². The van der Waals surface area contributed by atoms with E-state index < -0.39 is 35.3 Å². The molecule has 2 unspecified atom stereocenters. The minimum atomic E-state index is -1.24. The molecule has 0 bridgehead atoms. The number of thioether (sulfide) groups is 1. The number of aryl methyl sites for hydroxylation is 1. The third-order valence-electron chi connectivity index (χ3n) is 7.61. The highest BCUT2D eigenvalue weighted by molar-refractivity contribution is 7.99. The van der Waals surface area contributed by atoms with Crippen LogP contribution in [0.5, 0.6) is 0 Å². The molecule has 0 saturated heterocycles. The number of carbonyl (C=O) groups excluding carboxylic acids is 2. The van der Waals surface area contributed by atoms with Crippen LogP contribution in [0.1, 0.15) is 55.4 Å². The second-order valence-corrected chi connectivity index (χ2v) is 12.4. The number of pyridine rings is 1. The van der Waals surface area contributed by atoms with Gasteiger partial charge in [0.1, 0.15) is 18.0 Å². The molecule has 228 valence electrons. The number of fused-ring (bicyclic) bond motifs is 1. The molecule has 1 saturated carbocycles. The molecule has 11 nitrogen and oxygen atoms in total. The monoisotopic (exact) mass is 646 g/mol. The Bertz CT molecular complexity index is 1680. The van der Waals surface area contributed by atoms with E-state index in [1.54, 1.807) is 49.4 Å². The zero-order chi connectivity index (χ0) is 30.7. The van der Waals surface area contributed by atoms with Crippen molar-refractivity contribution >= 4 is 52.7 Å². The molecule has 1 aliphatic carbocycles. The van der Waals surface area contributed by atoms with Gasteiger partial charge in [-0.25, -0.2) is 33.3 Å². The number of carbonyl (C=O) groups is 2.